The van der Waals surface area contributed by atoms with Crippen LogP contribution in [0.3, 0.4) is 0 Å². The largest absolute Gasteiger partial charge is 0.387 e. The maximum atomic E-state index is 9.59. The summed E-state index contributed by atoms with van der Waals surface area (Å²) < 4.78 is 2.85. The van der Waals surface area contributed by atoms with Gasteiger partial charge in [0.1, 0.15) is 5.69 Å². The van der Waals surface area contributed by atoms with E-state index in [1.807, 2.05) is 19.1 Å². The Labute approximate surface area is 106 Å². The molecule has 86 valence electrons. The Morgan fingerprint density at radius 1 is 1.56 bits per heavy atom. The summed E-state index contributed by atoms with van der Waals surface area (Å²) in [6.07, 6.45) is 1.94. The molecule has 1 N–H and O–H groups in total. The highest BCUT2D eigenvalue weighted by Crippen LogP contribution is 2.22. The Kier molecular flexibility index (Phi) is 3.73. The van der Waals surface area contributed by atoms with Gasteiger partial charge in [-0.15, -0.1) is 16.4 Å². The lowest BCUT2D eigenvalue weighted by Crippen LogP contribution is -1.98. The normalized spacial score (nSPS) is 12.9. The second kappa shape index (κ2) is 5.07. The van der Waals surface area contributed by atoms with E-state index < -0.39 is 6.10 Å². The predicted molar refractivity (Wildman–Crippen MR) is 66.4 cm³/mol. The van der Waals surface area contributed by atoms with Gasteiger partial charge in [-0.2, -0.15) is 0 Å². The molecule has 6 heteroatoms. The average Bonchev–Trinajstić information content (AvgIpc) is 2.87. The third-order valence-corrected chi connectivity index (χ3v) is 3.84. The molecular formula is C10H12BrN3OS. The first-order chi connectivity index (χ1) is 7.69. The number of halogens is 1. The van der Waals surface area contributed by atoms with Gasteiger partial charge in [0.25, 0.3) is 0 Å². The molecule has 2 aromatic heterocycles. The fourth-order valence-corrected chi connectivity index (χ4v) is 2.82. The highest BCUT2D eigenvalue weighted by atomic mass is 79.9. The zero-order chi connectivity index (χ0) is 11.5. The SMILES string of the molecule is CCC(O)c1cn(Cc2ccc(Br)s2)nn1. The van der Waals surface area contributed by atoms with Crippen LogP contribution in [0.2, 0.25) is 0 Å². The Morgan fingerprint density at radius 2 is 2.38 bits per heavy atom. The van der Waals surface area contributed by atoms with E-state index >= 15 is 0 Å². The van der Waals surface area contributed by atoms with Gasteiger partial charge in [0, 0.05) is 4.88 Å². The minimum absolute atomic E-state index is 0.510. The number of aliphatic hydroxyl groups excluding tert-OH is 1. The van der Waals surface area contributed by atoms with Crippen LogP contribution >= 0.6 is 27.3 Å². The summed E-state index contributed by atoms with van der Waals surface area (Å²) in [6, 6.07) is 4.06. The fourth-order valence-electron chi connectivity index (χ4n) is 1.35. The molecule has 2 aromatic rings. The molecule has 0 amide bonds. The van der Waals surface area contributed by atoms with Crippen LogP contribution in [0.25, 0.3) is 0 Å². The number of hydrogen-bond acceptors (Lipinski definition) is 4. The molecule has 0 aromatic carbocycles. The number of hydrogen-bond donors (Lipinski definition) is 1. The van der Waals surface area contributed by atoms with Crippen molar-refractivity contribution in [2.75, 3.05) is 0 Å². The highest BCUT2D eigenvalue weighted by Gasteiger charge is 2.10. The monoisotopic (exact) mass is 301 g/mol. The molecule has 2 rings (SSSR count). The molecule has 0 aliphatic heterocycles. The van der Waals surface area contributed by atoms with Crippen LogP contribution in [0.1, 0.15) is 30.0 Å². The summed E-state index contributed by atoms with van der Waals surface area (Å²) in [6.45, 7) is 2.61. The summed E-state index contributed by atoms with van der Waals surface area (Å²) in [5.74, 6) is 0. The molecular weight excluding hydrogens is 290 g/mol. The maximum Gasteiger partial charge on any atom is 0.111 e. The quantitative estimate of drug-likeness (QED) is 0.944. The molecule has 1 atom stereocenters. The Balaban J connectivity index is 2.08. The minimum Gasteiger partial charge on any atom is -0.387 e. The summed E-state index contributed by atoms with van der Waals surface area (Å²) in [5, 5.41) is 17.5. The van der Waals surface area contributed by atoms with E-state index in [0.717, 1.165) is 3.79 Å². The van der Waals surface area contributed by atoms with Crippen LogP contribution < -0.4 is 0 Å². The van der Waals surface area contributed by atoms with Crippen molar-refractivity contribution in [3.05, 3.63) is 32.7 Å². The summed E-state index contributed by atoms with van der Waals surface area (Å²) in [7, 11) is 0. The third-order valence-electron chi connectivity index (χ3n) is 2.23. The van der Waals surface area contributed by atoms with Gasteiger partial charge in [0.05, 0.1) is 22.6 Å². The zero-order valence-electron chi connectivity index (χ0n) is 8.80. The van der Waals surface area contributed by atoms with E-state index in [9.17, 15) is 5.11 Å². The van der Waals surface area contributed by atoms with E-state index in [0.29, 0.717) is 18.7 Å². The van der Waals surface area contributed by atoms with Crippen molar-refractivity contribution < 1.29 is 5.11 Å². The molecule has 16 heavy (non-hydrogen) atoms. The Hall–Kier alpha value is -0.720. The molecule has 1 unspecified atom stereocenters. The first kappa shape index (κ1) is 11.8. The molecule has 2 heterocycles. The lowest BCUT2D eigenvalue weighted by atomic mass is 10.2. The van der Waals surface area contributed by atoms with Crippen molar-refractivity contribution in [2.45, 2.75) is 26.0 Å². The Morgan fingerprint density at radius 3 is 3.00 bits per heavy atom. The lowest BCUT2D eigenvalue weighted by molar-refractivity contribution is 0.168. The lowest BCUT2D eigenvalue weighted by Gasteiger charge is -2.00. The number of aliphatic hydroxyl groups is 1. The first-order valence-electron chi connectivity index (χ1n) is 5.01. The van der Waals surface area contributed by atoms with Crippen LogP contribution in [0.5, 0.6) is 0 Å². The minimum atomic E-state index is -0.510. The van der Waals surface area contributed by atoms with Crippen molar-refractivity contribution in [2.24, 2.45) is 0 Å². The number of aromatic nitrogens is 3. The van der Waals surface area contributed by atoms with E-state index in [4.69, 9.17) is 0 Å². The van der Waals surface area contributed by atoms with E-state index in [1.54, 1.807) is 22.2 Å². The number of nitrogens with zero attached hydrogens (tertiary/aromatic N) is 3. The zero-order valence-corrected chi connectivity index (χ0v) is 11.2. The fraction of sp³-hybridized carbons (Fsp3) is 0.400. The Bertz CT molecular complexity index is 468. The van der Waals surface area contributed by atoms with Crippen LogP contribution in [-0.2, 0) is 6.54 Å². The second-order valence-electron chi connectivity index (χ2n) is 3.47. The summed E-state index contributed by atoms with van der Waals surface area (Å²) >= 11 is 5.09. The molecule has 0 saturated carbocycles. The molecule has 0 fully saturated rings. The number of rotatable bonds is 4. The van der Waals surface area contributed by atoms with Crippen molar-refractivity contribution in [1.82, 2.24) is 15.0 Å². The van der Waals surface area contributed by atoms with Gasteiger partial charge in [0.2, 0.25) is 0 Å². The van der Waals surface area contributed by atoms with Crippen molar-refractivity contribution in [3.63, 3.8) is 0 Å². The molecule has 0 aliphatic rings. The molecule has 0 bridgehead atoms. The number of thiophene rings is 1. The van der Waals surface area contributed by atoms with Crippen molar-refractivity contribution in [1.29, 1.82) is 0 Å². The topological polar surface area (TPSA) is 50.9 Å². The maximum absolute atomic E-state index is 9.59. The van der Waals surface area contributed by atoms with Gasteiger partial charge in [-0.25, -0.2) is 4.68 Å². The van der Waals surface area contributed by atoms with Gasteiger partial charge in [-0.3, -0.25) is 0 Å². The predicted octanol–water partition coefficient (Wildman–Crippen LogP) is 2.59. The smallest absolute Gasteiger partial charge is 0.111 e. The van der Waals surface area contributed by atoms with Gasteiger partial charge >= 0.3 is 0 Å². The van der Waals surface area contributed by atoms with Gasteiger partial charge < -0.3 is 5.11 Å². The summed E-state index contributed by atoms with van der Waals surface area (Å²) in [4.78, 5) is 1.20. The highest BCUT2D eigenvalue weighted by molar-refractivity contribution is 9.11. The van der Waals surface area contributed by atoms with Gasteiger partial charge in [-0.05, 0) is 34.5 Å². The second-order valence-corrected chi connectivity index (χ2v) is 6.02. The van der Waals surface area contributed by atoms with Crippen LogP contribution in [0, 0.1) is 0 Å². The average molecular weight is 302 g/mol. The molecule has 0 aliphatic carbocycles. The standard InChI is InChI=1S/C10H12BrN3OS/c1-2-9(15)8-6-14(13-12-8)5-7-3-4-10(11)16-7/h3-4,6,9,15H,2,5H2,1H3. The molecule has 0 radical (unpaired) electrons. The third kappa shape index (κ3) is 2.69. The van der Waals surface area contributed by atoms with Crippen molar-refractivity contribution >= 4 is 27.3 Å². The van der Waals surface area contributed by atoms with E-state index in [1.165, 1.54) is 4.88 Å². The molecule has 0 saturated heterocycles. The van der Waals surface area contributed by atoms with Gasteiger partial charge in [-0.1, -0.05) is 12.1 Å². The van der Waals surface area contributed by atoms with Crippen LogP contribution in [0.4, 0.5) is 0 Å². The van der Waals surface area contributed by atoms with Gasteiger partial charge in [0.15, 0.2) is 0 Å². The van der Waals surface area contributed by atoms with Crippen molar-refractivity contribution in [3.8, 4) is 0 Å². The first-order valence-corrected chi connectivity index (χ1v) is 6.62. The van der Waals surface area contributed by atoms with Crippen LogP contribution in [0.15, 0.2) is 22.1 Å². The van der Waals surface area contributed by atoms with Crippen LogP contribution in [-0.4, -0.2) is 20.1 Å². The van der Waals surface area contributed by atoms with E-state index in [-0.39, 0.29) is 0 Å². The van der Waals surface area contributed by atoms with E-state index in [2.05, 4.69) is 26.2 Å². The molecule has 4 nitrogen and oxygen atoms in total. The molecule has 0 spiro atoms. The summed E-state index contributed by atoms with van der Waals surface area (Å²) in [5.41, 5.74) is 0.637.